The van der Waals surface area contributed by atoms with Gasteiger partial charge < -0.3 is 5.73 Å². The molecule has 1 nitrogen and oxygen atoms in total. The van der Waals surface area contributed by atoms with Crippen LogP contribution in [0.3, 0.4) is 0 Å². The lowest BCUT2D eigenvalue weighted by molar-refractivity contribution is 1.50. The summed E-state index contributed by atoms with van der Waals surface area (Å²) in [6.07, 6.45) is 3.01. The lowest BCUT2D eigenvalue weighted by Gasteiger charge is -2.18. The Bertz CT molecular complexity index is 722. The molecule has 0 saturated heterocycles. The van der Waals surface area contributed by atoms with Crippen molar-refractivity contribution in [2.75, 3.05) is 0 Å². The van der Waals surface area contributed by atoms with E-state index in [4.69, 9.17) is 5.73 Å². The molecule has 0 bridgehead atoms. The van der Waals surface area contributed by atoms with Crippen LogP contribution in [-0.4, -0.2) is 0 Å². The van der Waals surface area contributed by atoms with Crippen LogP contribution in [-0.2, 0) is 0 Å². The summed E-state index contributed by atoms with van der Waals surface area (Å²) in [5.74, 6) is 5.29. The van der Waals surface area contributed by atoms with Gasteiger partial charge in [-0.3, -0.25) is 0 Å². The van der Waals surface area contributed by atoms with E-state index in [0.29, 0.717) is 0 Å². The maximum absolute atomic E-state index is 4.93. The third kappa shape index (κ3) is 10.3. The monoisotopic (exact) mass is 403 g/mol. The fourth-order valence-corrected chi connectivity index (χ4v) is 4.62. The first-order chi connectivity index (χ1) is 14.4. The van der Waals surface area contributed by atoms with Gasteiger partial charge in [0.15, 0.2) is 0 Å². The molecular weight excluding hydrogens is 369 g/mol. The van der Waals surface area contributed by atoms with Crippen LogP contribution >= 0.6 is 7.92 Å². The summed E-state index contributed by atoms with van der Waals surface area (Å²) in [7, 11) is -0.446. The van der Waals surface area contributed by atoms with Gasteiger partial charge in [-0.1, -0.05) is 125 Å². The zero-order valence-electron chi connectivity index (χ0n) is 18.3. The zero-order valence-corrected chi connectivity index (χ0v) is 19.2. The van der Waals surface area contributed by atoms with Crippen LogP contribution in [0, 0.1) is 11.8 Å². The number of allylic oxidation sites excluding steroid dienone is 1. The Morgan fingerprint density at radius 3 is 1.14 bits per heavy atom. The highest BCUT2D eigenvalue weighted by Gasteiger charge is 2.14. The quantitative estimate of drug-likeness (QED) is 0.422. The summed E-state index contributed by atoms with van der Waals surface area (Å²) >= 11 is 0. The summed E-state index contributed by atoms with van der Waals surface area (Å²) < 4.78 is 0. The summed E-state index contributed by atoms with van der Waals surface area (Å²) in [4.78, 5) is 0. The molecule has 0 heterocycles. The molecular formula is C27H34NP. The molecule has 152 valence electrons. The SMILES string of the molecule is CC.CC.CC#C/C=C/N.c1ccc(P(c2ccccc2)c2ccccc2)cc1. The number of rotatable bonds is 3. The van der Waals surface area contributed by atoms with E-state index in [1.807, 2.05) is 27.7 Å². The van der Waals surface area contributed by atoms with Crippen LogP contribution in [0.4, 0.5) is 0 Å². The Morgan fingerprint density at radius 2 is 0.931 bits per heavy atom. The standard InChI is InChI=1S/C18H15P.C5H7N.2C2H6/c1-4-10-16(11-5-1)19(17-12-6-2-7-13-17)18-14-8-3-9-15-18;1-2-3-4-5-6;2*1-2/h1-15H;4-5H,6H2,1H3;2*1-2H3/b;5-4+;;. The van der Waals surface area contributed by atoms with E-state index >= 15 is 0 Å². The molecule has 0 saturated carbocycles. The normalized spacial score (nSPS) is 8.90. The van der Waals surface area contributed by atoms with Crippen molar-refractivity contribution in [3.05, 3.63) is 103 Å². The Morgan fingerprint density at radius 1 is 0.621 bits per heavy atom. The average Bonchev–Trinajstić information content (AvgIpc) is 2.83. The van der Waals surface area contributed by atoms with Crippen LogP contribution in [0.5, 0.6) is 0 Å². The smallest absolute Gasteiger partial charge is 0.00361 e. The second kappa shape index (κ2) is 18.5. The highest BCUT2D eigenvalue weighted by molar-refractivity contribution is 7.79. The fraction of sp³-hybridized carbons (Fsp3) is 0.185. The van der Waals surface area contributed by atoms with E-state index in [-0.39, 0.29) is 0 Å². The molecule has 3 rings (SSSR count). The highest BCUT2D eigenvalue weighted by Crippen LogP contribution is 2.32. The van der Waals surface area contributed by atoms with Gasteiger partial charge in [-0.05, 0) is 30.8 Å². The average molecular weight is 404 g/mol. The third-order valence-corrected chi connectivity index (χ3v) is 5.81. The first kappa shape index (κ1) is 26.2. The topological polar surface area (TPSA) is 26.0 Å². The maximum atomic E-state index is 4.93. The number of hydrogen-bond acceptors (Lipinski definition) is 1. The largest absolute Gasteiger partial charge is 0.404 e. The number of nitrogens with two attached hydrogens (primary N) is 1. The van der Waals surface area contributed by atoms with Gasteiger partial charge in [-0.15, -0.1) is 5.92 Å². The van der Waals surface area contributed by atoms with Crippen LogP contribution in [0.1, 0.15) is 34.6 Å². The predicted molar refractivity (Wildman–Crippen MR) is 135 cm³/mol. The lowest BCUT2D eigenvalue weighted by Crippen LogP contribution is -2.20. The summed E-state index contributed by atoms with van der Waals surface area (Å²) in [6.45, 7) is 9.76. The van der Waals surface area contributed by atoms with Gasteiger partial charge >= 0.3 is 0 Å². The fourth-order valence-electron chi connectivity index (χ4n) is 2.31. The predicted octanol–water partition coefficient (Wildman–Crippen LogP) is 5.98. The third-order valence-electron chi connectivity index (χ3n) is 3.37. The maximum Gasteiger partial charge on any atom is 0.00361 e. The van der Waals surface area contributed by atoms with Crippen molar-refractivity contribution in [2.45, 2.75) is 34.6 Å². The summed E-state index contributed by atoms with van der Waals surface area (Å²) in [5.41, 5.74) is 4.93. The van der Waals surface area contributed by atoms with Crippen molar-refractivity contribution >= 4 is 23.8 Å². The van der Waals surface area contributed by atoms with Crippen LogP contribution in [0.2, 0.25) is 0 Å². The van der Waals surface area contributed by atoms with Gasteiger partial charge in [0.25, 0.3) is 0 Å². The van der Waals surface area contributed by atoms with E-state index in [1.54, 1.807) is 13.0 Å². The Hall–Kier alpha value is -2.81. The van der Waals surface area contributed by atoms with Gasteiger partial charge in [-0.2, -0.15) is 0 Å². The molecule has 0 radical (unpaired) electrons. The molecule has 0 aliphatic carbocycles. The molecule has 0 unspecified atom stereocenters. The lowest BCUT2D eigenvalue weighted by atomic mass is 10.4. The van der Waals surface area contributed by atoms with E-state index in [0.717, 1.165) is 0 Å². The van der Waals surface area contributed by atoms with Crippen molar-refractivity contribution < 1.29 is 0 Å². The van der Waals surface area contributed by atoms with Crippen LogP contribution < -0.4 is 21.6 Å². The van der Waals surface area contributed by atoms with Crippen molar-refractivity contribution in [3.63, 3.8) is 0 Å². The van der Waals surface area contributed by atoms with Crippen molar-refractivity contribution in [1.29, 1.82) is 0 Å². The summed E-state index contributed by atoms with van der Waals surface area (Å²) in [6, 6.07) is 32.3. The molecule has 2 heteroatoms. The molecule has 2 N–H and O–H groups in total. The van der Waals surface area contributed by atoms with E-state index in [9.17, 15) is 0 Å². The number of hydrogen-bond donors (Lipinski definition) is 1. The first-order valence-electron chi connectivity index (χ1n) is 10.1. The molecule has 3 aromatic carbocycles. The molecule has 0 aliphatic heterocycles. The van der Waals surface area contributed by atoms with Gasteiger partial charge in [0.1, 0.15) is 0 Å². The Kier molecular flexibility index (Phi) is 16.8. The minimum absolute atomic E-state index is 0.446. The van der Waals surface area contributed by atoms with Crippen LogP contribution in [0.25, 0.3) is 0 Å². The molecule has 29 heavy (non-hydrogen) atoms. The molecule has 0 aliphatic rings. The molecule has 0 amide bonds. The Labute approximate surface area is 179 Å². The molecule has 0 fully saturated rings. The van der Waals surface area contributed by atoms with Crippen molar-refractivity contribution in [3.8, 4) is 11.8 Å². The van der Waals surface area contributed by atoms with Gasteiger partial charge in [-0.25, -0.2) is 0 Å². The minimum Gasteiger partial charge on any atom is -0.404 e. The van der Waals surface area contributed by atoms with Crippen molar-refractivity contribution in [2.24, 2.45) is 5.73 Å². The summed E-state index contributed by atoms with van der Waals surface area (Å²) in [5, 5.41) is 4.19. The van der Waals surface area contributed by atoms with E-state index < -0.39 is 7.92 Å². The molecule has 0 atom stereocenters. The highest BCUT2D eigenvalue weighted by atomic mass is 31.1. The number of benzene rings is 3. The van der Waals surface area contributed by atoms with Gasteiger partial charge in [0.05, 0.1) is 0 Å². The minimum atomic E-state index is -0.446. The molecule has 0 aromatic heterocycles. The van der Waals surface area contributed by atoms with Gasteiger partial charge in [0, 0.05) is 12.3 Å². The Balaban J connectivity index is 0.000000670. The van der Waals surface area contributed by atoms with Crippen molar-refractivity contribution in [1.82, 2.24) is 0 Å². The van der Waals surface area contributed by atoms with E-state index in [1.165, 1.54) is 22.1 Å². The molecule has 3 aromatic rings. The van der Waals surface area contributed by atoms with E-state index in [2.05, 4.69) is 103 Å². The first-order valence-corrected chi connectivity index (χ1v) is 11.4. The molecule has 0 spiro atoms. The second-order valence-electron chi connectivity index (χ2n) is 5.10. The van der Waals surface area contributed by atoms with Gasteiger partial charge in [0.2, 0.25) is 0 Å². The van der Waals surface area contributed by atoms with Crippen LogP contribution in [0.15, 0.2) is 103 Å². The zero-order chi connectivity index (χ0) is 21.7. The second-order valence-corrected chi connectivity index (χ2v) is 7.32.